The van der Waals surface area contributed by atoms with Gasteiger partial charge in [-0.2, -0.15) is 11.8 Å². The van der Waals surface area contributed by atoms with Gasteiger partial charge in [0, 0.05) is 29.8 Å². The normalized spacial score (nSPS) is 30.7. The van der Waals surface area contributed by atoms with E-state index >= 15 is 0 Å². The van der Waals surface area contributed by atoms with Crippen LogP contribution in [-0.4, -0.2) is 24.2 Å². The summed E-state index contributed by atoms with van der Waals surface area (Å²) in [6.45, 7) is 0. The lowest BCUT2D eigenvalue weighted by Gasteiger charge is -2.43. The van der Waals surface area contributed by atoms with Crippen molar-refractivity contribution in [1.82, 2.24) is 0 Å². The molecular weight excluding hydrogens is 246 g/mol. The van der Waals surface area contributed by atoms with E-state index in [9.17, 15) is 0 Å². The van der Waals surface area contributed by atoms with E-state index in [0.29, 0.717) is 0 Å². The molecule has 0 bridgehead atoms. The molecule has 2 atom stereocenters. The molecule has 2 heterocycles. The van der Waals surface area contributed by atoms with Crippen LogP contribution in [0.3, 0.4) is 0 Å². The molecule has 1 saturated heterocycles. The molecule has 0 aromatic heterocycles. The number of hydrogen-bond donors (Lipinski definition) is 1. The van der Waals surface area contributed by atoms with Gasteiger partial charge in [-0.3, -0.25) is 0 Å². The maximum absolute atomic E-state index is 6.31. The van der Waals surface area contributed by atoms with Crippen LogP contribution in [0.1, 0.15) is 30.9 Å². The van der Waals surface area contributed by atoms with Crippen molar-refractivity contribution in [1.29, 1.82) is 0 Å². The van der Waals surface area contributed by atoms with E-state index in [2.05, 4.69) is 0 Å². The minimum Gasteiger partial charge on any atom is -0.497 e. The Kier molecular flexibility index (Phi) is 3.16. The molecule has 2 aliphatic heterocycles. The fourth-order valence-corrected chi connectivity index (χ4v) is 4.08. The summed E-state index contributed by atoms with van der Waals surface area (Å²) < 4.78 is 11.6. The maximum Gasteiger partial charge on any atom is 0.128 e. The van der Waals surface area contributed by atoms with Crippen LogP contribution in [-0.2, 0) is 0 Å². The van der Waals surface area contributed by atoms with Crippen LogP contribution >= 0.6 is 11.8 Å². The van der Waals surface area contributed by atoms with Crippen molar-refractivity contribution < 1.29 is 9.47 Å². The van der Waals surface area contributed by atoms with Gasteiger partial charge in [-0.1, -0.05) is 6.07 Å². The largest absolute Gasteiger partial charge is 0.497 e. The molecule has 1 spiro atoms. The SMILES string of the molecule is COc1ccc2c(c1)OC1(CCCSC1)C[C@@H]2N. The third kappa shape index (κ3) is 2.08. The van der Waals surface area contributed by atoms with Crippen molar-refractivity contribution in [3.63, 3.8) is 0 Å². The van der Waals surface area contributed by atoms with Crippen LogP contribution in [0.5, 0.6) is 11.5 Å². The number of ether oxygens (including phenoxy) is 2. The Labute approximate surface area is 112 Å². The summed E-state index contributed by atoms with van der Waals surface area (Å²) >= 11 is 1.98. The lowest BCUT2D eigenvalue weighted by Crippen LogP contribution is -2.46. The summed E-state index contributed by atoms with van der Waals surface area (Å²) in [6, 6.07) is 6.03. The molecule has 0 aliphatic carbocycles. The summed E-state index contributed by atoms with van der Waals surface area (Å²) in [5, 5.41) is 0. The van der Waals surface area contributed by atoms with E-state index in [4.69, 9.17) is 15.2 Å². The molecule has 1 fully saturated rings. The van der Waals surface area contributed by atoms with Gasteiger partial charge in [0.1, 0.15) is 17.1 Å². The van der Waals surface area contributed by atoms with Crippen molar-refractivity contribution in [3.8, 4) is 11.5 Å². The summed E-state index contributed by atoms with van der Waals surface area (Å²) in [4.78, 5) is 0. The highest BCUT2D eigenvalue weighted by molar-refractivity contribution is 7.99. The molecule has 1 unspecified atom stereocenters. The second-order valence-corrected chi connectivity index (χ2v) is 6.26. The minimum atomic E-state index is -0.0539. The molecule has 3 rings (SSSR count). The van der Waals surface area contributed by atoms with Crippen LogP contribution in [0.15, 0.2) is 18.2 Å². The Morgan fingerprint density at radius 1 is 1.50 bits per heavy atom. The van der Waals surface area contributed by atoms with Crippen LogP contribution < -0.4 is 15.2 Å². The zero-order valence-electron chi connectivity index (χ0n) is 10.6. The minimum absolute atomic E-state index is 0.0539. The van der Waals surface area contributed by atoms with Crippen molar-refractivity contribution in [2.24, 2.45) is 5.73 Å². The lowest BCUT2D eigenvalue weighted by atomic mass is 9.85. The topological polar surface area (TPSA) is 44.5 Å². The number of rotatable bonds is 1. The van der Waals surface area contributed by atoms with Crippen LogP contribution in [0.4, 0.5) is 0 Å². The number of hydrogen-bond acceptors (Lipinski definition) is 4. The summed E-state index contributed by atoms with van der Waals surface area (Å²) in [6.07, 6.45) is 3.26. The Morgan fingerprint density at radius 2 is 2.39 bits per heavy atom. The van der Waals surface area contributed by atoms with Gasteiger partial charge in [0.05, 0.1) is 7.11 Å². The molecule has 0 saturated carbocycles. The van der Waals surface area contributed by atoms with Crippen molar-refractivity contribution in [2.45, 2.75) is 30.9 Å². The first-order chi connectivity index (χ1) is 8.72. The summed E-state index contributed by atoms with van der Waals surface area (Å²) in [7, 11) is 1.68. The number of benzene rings is 1. The Bertz CT molecular complexity index is 443. The first kappa shape index (κ1) is 12.2. The van der Waals surface area contributed by atoms with Crippen molar-refractivity contribution >= 4 is 11.8 Å². The monoisotopic (exact) mass is 265 g/mol. The summed E-state index contributed by atoms with van der Waals surface area (Å²) in [5.41, 5.74) is 7.37. The second kappa shape index (κ2) is 4.67. The zero-order valence-corrected chi connectivity index (χ0v) is 11.5. The third-order valence-electron chi connectivity index (χ3n) is 3.82. The molecule has 2 aliphatic rings. The molecule has 4 heteroatoms. The Hall–Kier alpha value is -0.870. The van der Waals surface area contributed by atoms with Gasteiger partial charge >= 0.3 is 0 Å². The molecule has 1 aromatic carbocycles. The van der Waals surface area contributed by atoms with Gasteiger partial charge < -0.3 is 15.2 Å². The van der Waals surface area contributed by atoms with E-state index in [0.717, 1.165) is 35.7 Å². The van der Waals surface area contributed by atoms with Gasteiger partial charge in [-0.25, -0.2) is 0 Å². The second-order valence-electron chi connectivity index (χ2n) is 5.16. The van der Waals surface area contributed by atoms with Gasteiger partial charge in [-0.15, -0.1) is 0 Å². The van der Waals surface area contributed by atoms with Gasteiger partial charge in [0.25, 0.3) is 0 Å². The van der Waals surface area contributed by atoms with E-state index in [1.807, 2.05) is 30.0 Å². The third-order valence-corrected chi connectivity index (χ3v) is 5.13. The molecule has 1 aromatic rings. The zero-order chi connectivity index (χ0) is 12.6. The highest BCUT2D eigenvalue weighted by atomic mass is 32.2. The van der Waals surface area contributed by atoms with E-state index in [-0.39, 0.29) is 11.6 Å². The van der Waals surface area contributed by atoms with Gasteiger partial charge in [0.2, 0.25) is 0 Å². The number of fused-ring (bicyclic) bond motifs is 1. The number of thioether (sulfide) groups is 1. The molecule has 2 N–H and O–H groups in total. The predicted octanol–water partition coefficient (Wildman–Crippen LogP) is 2.74. The maximum atomic E-state index is 6.31. The fraction of sp³-hybridized carbons (Fsp3) is 0.571. The highest BCUT2D eigenvalue weighted by Gasteiger charge is 2.41. The van der Waals surface area contributed by atoms with E-state index < -0.39 is 0 Å². The molecule has 3 nitrogen and oxygen atoms in total. The number of nitrogens with two attached hydrogens (primary N) is 1. The molecule has 0 radical (unpaired) electrons. The van der Waals surface area contributed by atoms with Crippen LogP contribution in [0.25, 0.3) is 0 Å². The van der Waals surface area contributed by atoms with E-state index in [1.54, 1.807) is 7.11 Å². The average Bonchev–Trinajstić information content (AvgIpc) is 2.38. The lowest BCUT2D eigenvalue weighted by molar-refractivity contribution is 0.0469. The molecule has 98 valence electrons. The first-order valence-corrected chi connectivity index (χ1v) is 7.58. The van der Waals surface area contributed by atoms with Crippen LogP contribution in [0, 0.1) is 0 Å². The van der Waals surface area contributed by atoms with Crippen molar-refractivity contribution in [3.05, 3.63) is 23.8 Å². The Balaban J connectivity index is 1.94. The van der Waals surface area contributed by atoms with Gasteiger partial charge in [0.15, 0.2) is 0 Å². The van der Waals surface area contributed by atoms with Crippen LogP contribution in [0.2, 0.25) is 0 Å². The summed E-state index contributed by atoms with van der Waals surface area (Å²) in [5.74, 6) is 4.04. The van der Waals surface area contributed by atoms with Crippen molar-refractivity contribution in [2.75, 3.05) is 18.6 Å². The predicted molar refractivity (Wildman–Crippen MR) is 74.5 cm³/mol. The molecular formula is C14H19NO2S. The average molecular weight is 265 g/mol. The Morgan fingerprint density at radius 3 is 3.11 bits per heavy atom. The van der Waals surface area contributed by atoms with Gasteiger partial charge in [-0.05, 0) is 24.7 Å². The molecule has 18 heavy (non-hydrogen) atoms. The first-order valence-electron chi connectivity index (χ1n) is 6.43. The standard InChI is InChI=1S/C14H19NO2S/c1-16-10-3-4-11-12(15)8-14(17-13(11)7-10)5-2-6-18-9-14/h3-4,7,12H,2,5-6,8-9,15H2,1H3/t12-,14?/m0/s1. The fourth-order valence-electron chi connectivity index (χ4n) is 2.89. The highest BCUT2D eigenvalue weighted by Crippen LogP contribution is 2.45. The van der Waals surface area contributed by atoms with E-state index in [1.165, 1.54) is 12.2 Å². The quantitative estimate of drug-likeness (QED) is 0.848. The smallest absolute Gasteiger partial charge is 0.128 e. The number of methoxy groups -OCH3 is 1. The molecule has 0 amide bonds.